The fourth-order valence-corrected chi connectivity index (χ4v) is 3.49. The van der Waals surface area contributed by atoms with E-state index in [-0.39, 0.29) is 0 Å². The monoisotopic (exact) mass is 290 g/mol. The van der Waals surface area contributed by atoms with Crippen molar-refractivity contribution in [1.82, 2.24) is 10.2 Å². The van der Waals surface area contributed by atoms with Gasteiger partial charge in [0.05, 0.1) is 14.2 Å². The van der Waals surface area contributed by atoms with Gasteiger partial charge in [-0.1, -0.05) is 6.42 Å². The van der Waals surface area contributed by atoms with Crippen LogP contribution in [-0.4, -0.2) is 44.8 Å². The van der Waals surface area contributed by atoms with Crippen LogP contribution in [0.2, 0.25) is 0 Å². The zero-order chi connectivity index (χ0) is 14.7. The first-order valence-corrected chi connectivity index (χ1v) is 7.99. The van der Waals surface area contributed by atoms with Crippen molar-refractivity contribution < 1.29 is 9.47 Å². The molecule has 1 saturated heterocycles. The van der Waals surface area contributed by atoms with Crippen LogP contribution in [0.25, 0.3) is 0 Å². The zero-order valence-electron chi connectivity index (χ0n) is 13.2. The average Bonchev–Trinajstić information content (AvgIpc) is 2.54. The van der Waals surface area contributed by atoms with Crippen molar-refractivity contribution in [2.45, 2.75) is 38.3 Å². The minimum atomic E-state index is 0.667. The highest BCUT2D eigenvalue weighted by molar-refractivity contribution is 5.48. The Morgan fingerprint density at radius 2 is 1.90 bits per heavy atom. The molecule has 1 fully saturated rings. The average molecular weight is 290 g/mol. The molecule has 1 N–H and O–H groups in total. The largest absolute Gasteiger partial charge is 0.493 e. The predicted molar refractivity (Wildman–Crippen MR) is 84.2 cm³/mol. The molecule has 4 nitrogen and oxygen atoms in total. The third kappa shape index (κ3) is 3.33. The number of nitrogens with zero attached hydrogens (tertiary/aromatic N) is 1. The highest BCUT2D eigenvalue weighted by atomic mass is 16.5. The number of hydrogen-bond donors (Lipinski definition) is 1. The Bertz CT molecular complexity index is 484. The number of hydrogen-bond acceptors (Lipinski definition) is 4. The van der Waals surface area contributed by atoms with Gasteiger partial charge < -0.3 is 14.8 Å². The molecule has 1 aromatic rings. The number of rotatable bonds is 4. The van der Waals surface area contributed by atoms with Gasteiger partial charge in [0.25, 0.3) is 0 Å². The molecule has 116 valence electrons. The third-order valence-corrected chi connectivity index (χ3v) is 4.69. The van der Waals surface area contributed by atoms with Crippen LogP contribution in [0, 0.1) is 0 Å². The molecule has 0 aliphatic carbocycles. The summed E-state index contributed by atoms with van der Waals surface area (Å²) in [6.45, 7) is 4.50. The van der Waals surface area contributed by atoms with Gasteiger partial charge in [-0.2, -0.15) is 0 Å². The molecule has 0 radical (unpaired) electrons. The number of piperidine rings is 1. The summed E-state index contributed by atoms with van der Waals surface area (Å²) in [6, 6.07) is 4.96. The van der Waals surface area contributed by atoms with E-state index in [2.05, 4.69) is 22.3 Å². The van der Waals surface area contributed by atoms with Crippen LogP contribution in [-0.2, 0) is 13.0 Å². The second-order valence-corrected chi connectivity index (χ2v) is 6.11. The van der Waals surface area contributed by atoms with Crippen molar-refractivity contribution in [2.75, 3.05) is 33.9 Å². The molecule has 0 bridgehead atoms. The van der Waals surface area contributed by atoms with Crippen LogP contribution in [0.3, 0.4) is 0 Å². The van der Waals surface area contributed by atoms with E-state index >= 15 is 0 Å². The smallest absolute Gasteiger partial charge is 0.161 e. The molecule has 0 amide bonds. The maximum absolute atomic E-state index is 5.43. The van der Waals surface area contributed by atoms with Gasteiger partial charge in [-0.05, 0) is 49.1 Å². The standard InChI is InChI=1S/C17H26N2O2/c1-20-16-9-13-6-8-19(11-14(13)10-17(16)21-2)12-15-5-3-4-7-18-15/h9-10,15,18H,3-8,11-12H2,1-2H3. The van der Waals surface area contributed by atoms with Crippen LogP contribution in [0.4, 0.5) is 0 Å². The van der Waals surface area contributed by atoms with E-state index in [1.165, 1.54) is 36.9 Å². The normalized spacial score (nSPS) is 22.7. The van der Waals surface area contributed by atoms with Crippen LogP contribution in [0.1, 0.15) is 30.4 Å². The van der Waals surface area contributed by atoms with Gasteiger partial charge in [0.2, 0.25) is 0 Å². The molecule has 0 saturated carbocycles. The molecule has 0 spiro atoms. The van der Waals surface area contributed by atoms with E-state index in [0.717, 1.165) is 37.6 Å². The van der Waals surface area contributed by atoms with Gasteiger partial charge in [0.15, 0.2) is 11.5 Å². The van der Waals surface area contributed by atoms with E-state index in [1.807, 2.05) is 0 Å². The molecule has 0 aromatic heterocycles. The number of benzene rings is 1. The van der Waals surface area contributed by atoms with Gasteiger partial charge in [0, 0.05) is 25.7 Å². The molecule has 3 rings (SSSR count). The molecule has 2 heterocycles. The van der Waals surface area contributed by atoms with Crippen LogP contribution < -0.4 is 14.8 Å². The number of fused-ring (bicyclic) bond motifs is 1. The fourth-order valence-electron chi connectivity index (χ4n) is 3.49. The van der Waals surface area contributed by atoms with E-state index in [1.54, 1.807) is 14.2 Å². The number of ether oxygens (including phenoxy) is 2. The molecular formula is C17H26N2O2. The maximum atomic E-state index is 5.43. The minimum Gasteiger partial charge on any atom is -0.493 e. The van der Waals surface area contributed by atoms with E-state index in [9.17, 15) is 0 Å². The lowest BCUT2D eigenvalue weighted by molar-refractivity contribution is 0.208. The third-order valence-electron chi connectivity index (χ3n) is 4.69. The molecule has 1 aromatic carbocycles. The lowest BCUT2D eigenvalue weighted by Crippen LogP contribution is -2.45. The Kier molecular flexibility index (Phi) is 4.66. The van der Waals surface area contributed by atoms with E-state index in [4.69, 9.17) is 9.47 Å². The molecule has 4 heteroatoms. The van der Waals surface area contributed by atoms with Crippen molar-refractivity contribution >= 4 is 0 Å². The van der Waals surface area contributed by atoms with Crippen molar-refractivity contribution in [3.63, 3.8) is 0 Å². The quantitative estimate of drug-likeness (QED) is 0.922. The van der Waals surface area contributed by atoms with Crippen LogP contribution in [0.15, 0.2) is 12.1 Å². The summed E-state index contributed by atoms with van der Waals surface area (Å²) >= 11 is 0. The summed E-state index contributed by atoms with van der Waals surface area (Å²) in [5.41, 5.74) is 2.79. The van der Waals surface area contributed by atoms with Gasteiger partial charge in [-0.3, -0.25) is 4.90 Å². The predicted octanol–water partition coefficient (Wildman–Crippen LogP) is 2.20. The molecule has 1 unspecified atom stereocenters. The molecule has 2 aliphatic heterocycles. The lowest BCUT2D eigenvalue weighted by Gasteiger charge is -2.34. The van der Waals surface area contributed by atoms with E-state index in [0.29, 0.717) is 6.04 Å². The fraction of sp³-hybridized carbons (Fsp3) is 0.647. The van der Waals surface area contributed by atoms with Crippen LogP contribution >= 0.6 is 0 Å². The summed E-state index contributed by atoms with van der Waals surface area (Å²) in [7, 11) is 3.41. The van der Waals surface area contributed by atoms with Crippen molar-refractivity contribution in [1.29, 1.82) is 0 Å². The Morgan fingerprint density at radius 3 is 2.57 bits per heavy atom. The molecular weight excluding hydrogens is 264 g/mol. The highest BCUT2D eigenvalue weighted by Gasteiger charge is 2.22. The Balaban J connectivity index is 1.69. The Morgan fingerprint density at radius 1 is 1.14 bits per heavy atom. The molecule has 1 atom stereocenters. The topological polar surface area (TPSA) is 33.7 Å². The molecule has 2 aliphatic rings. The summed E-state index contributed by atoms with van der Waals surface area (Å²) in [6.07, 6.45) is 5.11. The van der Waals surface area contributed by atoms with Gasteiger partial charge >= 0.3 is 0 Å². The SMILES string of the molecule is COc1cc2c(cc1OC)CN(CC1CCCCN1)CC2. The zero-order valence-corrected chi connectivity index (χ0v) is 13.2. The van der Waals surface area contributed by atoms with Crippen molar-refractivity contribution in [3.05, 3.63) is 23.3 Å². The van der Waals surface area contributed by atoms with Crippen molar-refractivity contribution in [3.8, 4) is 11.5 Å². The Labute approximate surface area is 127 Å². The maximum Gasteiger partial charge on any atom is 0.161 e. The first-order valence-electron chi connectivity index (χ1n) is 7.99. The first-order chi connectivity index (χ1) is 10.3. The second-order valence-electron chi connectivity index (χ2n) is 6.11. The van der Waals surface area contributed by atoms with Gasteiger partial charge in [-0.15, -0.1) is 0 Å². The Hall–Kier alpha value is -1.26. The summed E-state index contributed by atoms with van der Waals surface area (Å²) in [4.78, 5) is 2.57. The van der Waals surface area contributed by atoms with Gasteiger partial charge in [0.1, 0.15) is 0 Å². The number of methoxy groups -OCH3 is 2. The molecule has 21 heavy (non-hydrogen) atoms. The first kappa shape index (κ1) is 14.7. The minimum absolute atomic E-state index is 0.667. The van der Waals surface area contributed by atoms with Crippen molar-refractivity contribution in [2.24, 2.45) is 0 Å². The highest BCUT2D eigenvalue weighted by Crippen LogP contribution is 2.33. The second kappa shape index (κ2) is 6.67. The van der Waals surface area contributed by atoms with Gasteiger partial charge in [-0.25, -0.2) is 0 Å². The number of nitrogens with one attached hydrogen (secondary N) is 1. The summed E-state index contributed by atoms with van der Waals surface area (Å²) < 4.78 is 10.8. The van der Waals surface area contributed by atoms with Crippen LogP contribution in [0.5, 0.6) is 11.5 Å². The summed E-state index contributed by atoms with van der Waals surface area (Å²) in [5, 5.41) is 3.64. The lowest BCUT2D eigenvalue weighted by atomic mass is 9.97. The summed E-state index contributed by atoms with van der Waals surface area (Å²) in [5.74, 6) is 1.69. The van der Waals surface area contributed by atoms with E-state index < -0.39 is 0 Å².